The van der Waals surface area contributed by atoms with Crippen LogP contribution < -0.4 is 4.90 Å². The smallest absolute Gasteiger partial charge is 0.186 e. The summed E-state index contributed by atoms with van der Waals surface area (Å²) in [4.78, 5) is 18.9. The van der Waals surface area contributed by atoms with Gasteiger partial charge in [0, 0.05) is 20.0 Å². The number of nitrogens with zero attached hydrogens (tertiary/aromatic N) is 2. The molecule has 0 aliphatic carbocycles. The Hall–Kier alpha value is -0.940. The van der Waals surface area contributed by atoms with Gasteiger partial charge in [0.1, 0.15) is 0 Å². The van der Waals surface area contributed by atoms with E-state index in [0.29, 0.717) is 0 Å². The van der Waals surface area contributed by atoms with Crippen molar-refractivity contribution in [3.8, 4) is 0 Å². The van der Waals surface area contributed by atoms with Crippen molar-refractivity contribution in [3.05, 3.63) is 10.6 Å². The molecule has 17 heavy (non-hydrogen) atoms. The molecule has 1 aromatic rings. The lowest BCUT2D eigenvalue weighted by atomic mass is 10.2. The maximum Gasteiger partial charge on any atom is 0.186 e. The Morgan fingerprint density at radius 3 is 2.47 bits per heavy atom. The number of carbonyl (C=O) groups is 1. The SMILES string of the molecule is CC(=O)c1sc(N2C[C@@H](C)O[C@@H](C)C2)nc1C. The molecule has 2 heterocycles. The van der Waals surface area contributed by atoms with Crippen LogP contribution in [0.4, 0.5) is 5.13 Å². The highest BCUT2D eigenvalue weighted by atomic mass is 32.1. The number of anilines is 1. The largest absolute Gasteiger partial charge is 0.372 e. The predicted octanol–water partition coefficient (Wildman–Crippen LogP) is 2.27. The van der Waals surface area contributed by atoms with Crippen molar-refractivity contribution in [2.45, 2.75) is 39.9 Å². The lowest BCUT2D eigenvalue weighted by molar-refractivity contribution is -0.00523. The fourth-order valence-corrected chi connectivity index (χ4v) is 3.16. The van der Waals surface area contributed by atoms with Gasteiger partial charge in [-0.3, -0.25) is 4.79 Å². The second-order valence-electron chi connectivity index (χ2n) is 4.63. The summed E-state index contributed by atoms with van der Waals surface area (Å²) in [5.41, 5.74) is 0.837. The van der Waals surface area contributed by atoms with Crippen LogP contribution in [0.2, 0.25) is 0 Å². The van der Waals surface area contributed by atoms with Crippen LogP contribution in [0.15, 0.2) is 0 Å². The van der Waals surface area contributed by atoms with E-state index in [1.54, 1.807) is 6.92 Å². The van der Waals surface area contributed by atoms with Crippen LogP contribution in [0, 0.1) is 6.92 Å². The Balaban J connectivity index is 2.22. The van der Waals surface area contributed by atoms with E-state index in [4.69, 9.17) is 4.74 Å². The molecular weight excluding hydrogens is 236 g/mol. The molecule has 0 amide bonds. The van der Waals surface area contributed by atoms with E-state index in [1.807, 2.05) is 6.92 Å². The summed E-state index contributed by atoms with van der Waals surface area (Å²) in [5, 5.41) is 0.940. The molecule has 4 nitrogen and oxygen atoms in total. The third-order valence-electron chi connectivity index (χ3n) is 2.80. The second-order valence-corrected chi connectivity index (χ2v) is 5.61. The van der Waals surface area contributed by atoms with Crippen LogP contribution in [0.1, 0.15) is 36.1 Å². The zero-order valence-corrected chi connectivity index (χ0v) is 11.5. The Morgan fingerprint density at radius 2 is 2.00 bits per heavy atom. The number of hydrogen-bond donors (Lipinski definition) is 0. The highest BCUT2D eigenvalue weighted by molar-refractivity contribution is 7.17. The molecule has 0 radical (unpaired) electrons. The number of ether oxygens (including phenoxy) is 1. The first kappa shape index (κ1) is 12.5. The highest BCUT2D eigenvalue weighted by Gasteiger charge is 2.25. The van der Waals surface area contributed by atoms with Crippen LogP contribution in [0.5, 0.6) is 0 Å². The minimum atomic E-state index is 0.0978. The monoisotopic (exact) mass is 254 g/mol. The normalized spacial score (nSPS) is 25.1. The Morgan fingerprint density at radius 1 is 1.41 bits per heavy atom. The second kappa shape index (κ2) is 4.74. The molecule has 5 heteroatoms. The number of Topliss-reactive ketones (excluding diaryl/α,β-unsaturated/α-hetero) is 1. The number of aromatic nitrogens is 1. The van der Waals surface area contributed by atoms with Gasteiger partial charge >= 0.3 is 0 Å². The minimum absolute atomic E-state index is 0.0978. The molecule has 1 fully saturated rings. The fourth-order valence-electron chi connectivity index (χ4n) is 2.18. The number of aryl methyl sites for hydroxylation is 1. The van der Waals surface area contributed by atoms with E-state index >= 15 is 0 Å². The van der Waals surface area contributed by atoms with Gasteiger partial charge in [-0.05, 0) is 20.8 Å². The summed E-state index contributed by atoms with van der Waals surface area (Å²) >= 11 is 1.49. The zero-order valence-electron chi connectivity index (χ0n) is 10.7. The molecule has 0 spiro atoms. The average molecular weight is 254 g/mol. The van der Waals surface area contributed by atoms with E-state index in [0.717, 1.165) is 28.8 Å². The summed E-state index contributed by atoms with van der Waals surface area (Å²) in [6.07, 6.45) is 0.424. The summed E-state index contributed by atoms with van der Waals surface area (Å²) in [7, 11) is 0. The van der Waals surface area contributed by atoms with Gasteiger partial charge in [-0.2, -0.15) is 0 Å². The first-order valence-electron chi connectivity index (χ1n) is 5.86. The number of carbonyl (C=O) groups excluding carboxylic acids is 1. The first-order valence-corrected chi connectivity index (χ1v) is 6.67. The molecule has 0 N–H and O–H groups in total. The summed E-state index contributed by atoms with van der Waals surface area (Å²) in [6.45, 7) is 9.30. The van der Waals surface area contributed by atoms with Gasteiger partial charge in [0.2, 0.25) is 0 Å². The minimum Gasteiger partial charge on any atom is -0.372 e. The maximum atomic E-state index is 11.4. The Bertz CT molecular complexity index is 420. The fraction of sp³-hybridized carbons (Fsp3) is 0.667. The van der Waals surface area contributed by atoms with Crippen LogP contribution in [-0.4, -0.2) is 36.1 Å². The molecule has 1 saturated heterocycles. The molecule has 2 rings (SSSR count). The van der Waals surface area contributed by atoms with Crippen molar-refractivity contribution in [3.63, 3.8) is 0 Å². The van der Waals surface area contributed by atoms with Gasteiger partial charge < -0.3 is 9.64 Å². The van der Waals surface area contributed by atoms with Crippen molar-refractivity contribution in [1.29, 1.82) is 0 Å². The standard InChI is InChI=1S/C12H18N2O2S/c1-7-5-14(6-8(2)16-7)12-13-9(3)11(17-12)10(4)15/h7-8H,5-6H2,1-4H3/t7-,8+. The summed E-state index contributed by atoms with van der Waals surface area (Å²) in [5.74, 6) is 0.0978. The third-order valence-corrected chi connectivity index (χ3v) is 4.11. The van der Waals surface area contributed by atoms with Crippen LogP contribution >= 0.6 is 11.3 Å². The predicted molar refractivity (Wildman–Crippen MR) is 69.1 cm³/mol. The van der Waals surface area contributed by atoms with Gasteiger partial charge in [-0.15, -0.1) is 0 Å². The zero-order chi connectivity index (χ0) is 12.6. The quantitative estimate of drug-likeness (QED) is 0.759. The van der Waals surface area contributed by atoms with Crippen molar-refractivity contribution in [2.24, 2.45) is 0 Å². The van der Waals surface area contributed by atoms with E-state index in [9.17, 15) is 4.79 Å². The molecule has 94 valence electrons. The van der Waals surface area contributed by atoms with Gasteiger partial charge in [0.05, 0.1) is 22.8 Å². The average Bonchev–Trinajstić information content (AvgIpc) is 2.59. The molecule has 1 aliphatic rings. The summed E-state index contributed by atoms with van der Waals surface area (Å²) < 4.78 is 5.69. The van der Waals surface area contributed by atoms with E-state index < -0.39 is 0 Å². The molecule has 0 bridgehead atoms. The Labute approximate surface area is 106 Å². The Kier molecular flexibility index (Phi) is 3.49. The topological polar surface area (TPSA) is 42.4 Å². The molecule has 0 aromatic carbocycles. The van der Waals surface area contributed by atoms with Crippen molar-refractivity contribution in [2.75, 3.05) is 18.0 Å². The lowest BCUT2D eigenvalue weighted by Crippen LogP contribution is -2.45. The third kappa shape index (κ3) is 2.66. The first-order chi connectivity index (χ1) is 7.97. The number of hydrogen-bond acceptors (Lipinski definition) is 5. The van der Waals surface area contributed by atoms with Crippen LogP contribution in [-0.2, 0) is 4.74 Å². The van der Waals surface area contributed by atoms with Gasteiger partial charge in [0.25, 0.3) is 0 Å². The maximum absolute atomic E-state index is 11.4. The summed E-state index contributed by atoms with van der Waals surface area (Å²) in [6, 6.07) is 0. The van der Waals surface area contributed by atoms with E-state index in [-0.39, 0.29) is 18.0 Å². The van der Waals surface area contributed by atoms with Crippen LogP contribution in [0.25, 0.3) is 0 Å². The van der Waals surface area contributed by atoms with E-state index in [1.165, 1.54) is 11.3 Å². The van der Waals surface area contributed by atoms with Gasteiger partial charge in [-0.25, -0.2) is 4.98 Å². The van der Waals surface area contributed by atoms with Crippen molar-refractivity contribution < 1.29 is 9.53 Å². The number of ketones is 1. The number of rotatable bonds is 2. The van der Waals surface area contributed by atoms with Gasteiger partial charge in [-0.1, -0.05) is 11.3 Å². The number of morpholine rings is 1. The van der Waals surface area contributed by atoms with Crippen molar-refractivity contribution in [1.82, 2.24) is 4.98 Å². The molecule has 2 atom stereocenters. The van der Waals surface area contributed by atoms with E-state index in [2.05, 4.69) is 23.7 Å². The van der Waals surface area contributed by atoms with Gasteiger partial charge in [0.15, 0.2) is 10.9 Å². The van der Waals surface area contributed by atoms with Crippen molar-refractivity contribution >= 4 is 22.3 Å². The number of thiazole rings is 1. The molecule has 0 unspecified atom stereocenters. The van der Waals surface area contributed by atoms with Crippen LogP contribution in [0.3, 0.4) is 0 Å². The molecule has 0 saturated carbocycles. The molecule has 1 aromatic heterocycles. The molecule has 1 aliphatic heterocycles. The molecular formula is C12H18N2O2S. The lowest BCUT2D eigenvalue weighted by Gasteiger charge is -2.35. The highest BCUT2D eigenvalue weighted by Crippen LogP contribution is 2.28.